The lowest BCUT2D eigenvalue weighted by atomic mass is 9.95. The summed E-state index contributed by atoms with van der Waals surface area (Å²) in [5.41, 5.74) is 0.703. The van der Waals surface area contributed by atoms with E-state index in [-0.39, 0.29) is 11.5 Å². The summed E-state index contributed by atoms with van der Waals surface area (Å²) >= 11 is 0. The Kier molecular flexibility index (Phi) is 4.10. The fourth-order valence-corrected chi connectivity index (χ4v) is 2.94. The topological polar surface area (TPSA) is 88.3 Å². The molecule has 1 aliphatic rings. The van der Waals surface area contributed by atoms with Crippen LogP contribution in [0.4, 0.5) is 0 Å². The van der Waals surface area contributed by atoms with Gasteiger partial charge in [0.1, 0.15) is 12.2 Å². The predicted molar refractivity (Wildman–Crippen MR) is 82.3 cm³/mol. The number of nitrogens with zero attached hydrogens (tertiary/aromatic N) is 4. The Balaban J connectivity index is 1.64. The molecular formula is C16H18N4O3. The summed E-state index contributed by atoms with van der Waals surface area (Å²) in [5.74, 6) is 0.232. The van der Waals surface area contributed by atoms with E-state index in [1.54, 1.807) is 18.5 Å². The Labute approximate surface area is 133 Å². The number of carbonyl (C=O) groups excluding carboxylic acids is 1. The maximum Gasteiger partial charge on any atom is 0.335 e. The van der Waals surface area contributed by atoms with Crippen molar-refractivity contribution in [1.29, 1.82) is 0 Å². The number of piperidine rings is 1. The van der Waals surface area contributed by atoms with Gasteiger partial charge in [-0.2, -0.15) is 0 Å². The normalized spacial score (nSPS) is 15.6. The van der Waals surface area contributed by atoms with Crippen LogP contribution >= 0.6 is 0 Å². The number of aryl methyl sites for hydroxylation is 1. The van der Waals surface area contributed by atoms with Crippen molar-refractivity contribution in [3.05, 3.63) is 47.5 Å². The van der Waals surface area contributed by atoms with Gasteiger partial charge in [-0.05, 0) is 37.1 Å². The number of hydrogen-bond donors (Lipinski definition) is 1. The fraction of sp³-hybridized carbons (Fsp3) is 0.375. The van der Waals surface area contributed by atoms with Crippen LogP contribution in [0.2, 0.25) is 0 Å². The third kappa shape index (κ3) is 3.08. The number of carboxylic acid groups (broad SMARTS) is 1. The predicted octanol–water partition coefficient (Wildman–Crippen LogP) is 1.53. The number of carboxylic acids is 1. The number of aromatic nitrogens is 3. The van der Waals surface area contributed by atoms with E-state index < -0.39 is 5.97 Å². The molecule has 2 aromatic rings. The minimum Gasteiger partial charge on any atom is -0.478 e. The number of benzene rings is 1. The van der Waals surface area contributed by atoms with E-state index in [2.05, 4.69) is 10.2 Å². The van der Waals surface area contributed by atoms with Crippen molar-refractivity contribution >= 4 is 11.9 Å². The highest BCUT2D eigenvalue weighted by atomic mass is 16.4. The van der Waals surface area contributed by atoms with Crippen LogP contribution in [0, 0.1) is 0 Å². The van der Waals surface area contributed by atoms with E-state index in [9.17, 15) is 9.59 Å². The summed E-state index contributed by atoms with van der Waals surface area (Å²) in [7, 11) is 1.93. The second-order valence-corrected chi connectivity index (χ2v) is 5.75. The van der Waals surface area contributed by atoms with Gasteiger partial charge >= 0.3 is 5.97 Å². The molecule has 0 radical (unpaired) electrons. The van der Waals surface area contributed by atoms with Crippen molar-refractivity contribution in [2.45, 2.75) is 18.8 Å². The van der Waals surface area contributed by atoms with Crippen LogP contribution in [-0.4, -0.2) is 49.7 Å². The molecule has 3 rings (SSSR count). The SMILES string of the molecule is Cn1cnnc1C1CCN(C(=O)c2ccc(C(=O)O)cc2)CC1. The zero-order valence-electron chi connectivity index (χ0n) is 12.8. The third-order valence-corrected chi connectivity index (χ3v) is 4.27. The molecule has 0 bridgehead atoms. The lowest BCUT2D eigenvalue weighted by molar-refractivity contribution is 0.0688. The molecule has 1 N–H and O–H groups in total. The molecule has 0 aliphatic carbocycles. The van der Waals surface area contributed by atoms with Crippen molar-refractivity contribution in [1.82, 2.24) is 19.7 Å². The van der Waals surface area contributed by atoms with E-state index in [0.29, 0.717) is 24.6 Å². The molecular weight excluding hydrogens is 296 g/mol. The van der Waals surface area contributed by atoms with Crippen LogP contribution in [0.25, 0.3) is 0 Å². The van der Waals surface area contributed by atoms with Gasteiger partial charge < -0.3 is 14.6 Å². The average molecular weight is 314 g/mol. The molecule has 23 heavy (non-hydrogen) atoms. The second-order valence-electron chi connectivity index (χ2n) is 5.75. The minimum absolute atomic E-state index is 0.0571. The largest absolute Gasteiger partial charge is 0.478 e. The smallest absolute Gasteiger partial charge is 0.335 e. The molecule has 1 fully saturated rings. The lowest BCUT2D eigenvalue weighted by Crippen LogP contribution is -2.38. The monoisotopic (exact) mass is 314 g/mol. The summed E-state index contributed by atoms with van der Waals surface area (Å²) in [6.07, 6.45) is 3.40. The van der Waals surface area contributed by atoms with Crippen molar-refractivity contribution in [2.75, 3.05) is 13.1 Å². The Morgan fingerprint density at radius 2 is 1.74 bits per heavy atom. The number of amides is 1. The molecule has 0 saturated carbocycles. The molecule has 0 spiro atoms. The molecule has 0 unspecified atom stereocenters. The molecule has 120 valence electrons. The zero-order chi connectivity index (χ0) is 16.4. The van der Waals surface area contributed by atoms with Crippen LogP contribution in [0.3, 0.4) is 0 Å². The van der Waals surface area contributed by atoms with E-state index in [0.717, 1.165) is 18.7 Å². The molecule has 7 heteroatoms. The maximum absolute atomic E-state index is 12.5. The number of carbonyl (C=O) groups is 2. The summed E-state index contributed by atoms with van der Waals surface area (Å²) in [4.78, 5) is 25.1. The number of likely N-dealkylation sites (tertiary alicyclic amines) is 1. The average Bonchev–Trinajstić information content (AvgIpc) is 3.00. The molecule has 0 atom stereocenters. The van der Waals surface area contributed by atoms with E-state index in [1.165, 1.54) is 12.1 Å². The summed E-state index contributed by atoms with van der Waals surface area (Å²) in [6, 6.07) is 6.06. The second kappa shape index (κ2) is 6.20. The van der Waals surface area contributed by atoms with Gasteiger partial charge in [0.15, 0.2) is 0 Å². The van der Waals surface area contributed by atoms with Crippen LogP contribution in [0.1, 0.15) is 45.3 Å². The van der Waals surface area contributed by atoms with E-state index >= 15 is 0 Å². The summed E-state index contributed by atoms with van der Waals surface area (Å²) in [5, 5.41) is 16.9. The summed E-state index contributed by atoms with van der Waals surface area (Å²) < 4.78 is 1.92. The van der Waals surface area contributed by atoms with E-state index in [1.807, 2.05) is 16.5 Å². The van der Waals surface area contributed by atoms with Crippen LogP contribution in [0.5, 0.6) is 0 Å². The quantitative estimate of drug-likeness (QED) is 0.928. The fourth-order valence-electron chi connectivity index (χ4n) is 2.94. The van der Waals surface area contributed by atoms with Crippen LogP contribution < -0.4 is 0 Å². The van der Waals surface area contributed by atoms with Crippen LogP contribution in [-0.2, 0) is 7.05 Å². The number of rotatable bonds is 3. The Bertz CT molecular complexity index is 715. The zero-order valence-corrected chi connectivity index (χ0v) is 12.8. The third-order valence-electron chi connectivity index (χ3n) is 4.27. The van der Waals surface area contributed by atoms with Gasteiger partial charge in [0.2, 0.25) is 0 Å². The van der Waals surface area contributed by atoms with Gasteiger partial charge in [-0.3, -0.25) is 4.79 Å². The van der Waals surface area contributed by atoms with Crippen molar-refractivity contribution < 1.29 is 14.7 Å². The van der Waals surface area contributed by atoms with Crippen molar-refractivity contribution in [2.24, 2.45) is 7.05 Å². The highest BCUT2D eigenvalue weighted by Gasteiger charge is 2.26. The van der Waals surface area contributed by atoms with Crippen LogP contribution in [0.15, 0.2) is 30.6 Å². The Morgan fingerprint density at radius 1 is 1.13 bits per heavy atom. The molecule has 1 aromatic heterocycles. The molecule has 1 saturated heterocycles. The summed E-state index contributed by atoms with van der Waals surface area (Å²) in [6.45, 7) is 1.33. The first-order valence-corrected chi connectivity index (χ1v) is 7.53. The minimum atomic E-state index is -0.992. The van der Waals surface area contributed by atoms with Gasteiger partial charge in [-0.15, -0.1) is 10.2 Å². The first-order valence-electron chi connectivity index (χ1n) is 7.53. The highest BCUT2D eigenvalue weighted by molar-refractivity contribution is 5.95. The van der Waals surface area contributed by atoms with E-state index in [4.69, 9.17) is 5.11 Å². The standard InChI is InChI=1S/C16H18N4O3/c1-19-10-17-18-14(19)11-6-8-20(9-7-11)15(21)12-2-4-13(5-3-12)16(22)23/h2-5,10-11H,6-9H2,1H3,(H,22,23). The van der Waals surface area contributed by atoms with Gasteiger partial charge in [-0.1, -0.05) is 0 Å². The Hall–Kier alpha value is -2.70. The first-order chi connectivity index (χ1) is 11.1. The molecule has 7 nitrogen and oxygen atoms in total. The molecule has 2 heterocycles. The van der Waals surface area contributed by atoms with Gasteiger partial charge in [-0.25, -0.2) is 4.79 Å². The highest BCUT2D eigenvalue weighted by Crippen LogP contribution is 2.26. The van der Waals surface area contributed by atoms with Gasteiger partial charge in [0, 0.05) is 31.6 Å². The lowest BCUT2D eigenvalue weighted by Gasteiger charge is -2.31. The molecule has 1 amide bonds. The Morgan fingerprint density at radius 3 is 2.26 bits per heavy atom. The maximum atomic E-state index is 12.5. The van der Waals surface area contributed by atoms with Crippen molar-refractivity contribution in [3.63, 3.8) is 0 Å². The molecule has 1 aliphatic heterocycles. The van der Waals surface area contributed by atoms with Crippen molar-refractivity contribution in [3.8, 4) is 0 Å². The molecule has 1 aromatic carbocycles. The first kappa shape index (κ1) is 15.2. The van der Waals surface area contributed by atoms with Gasteiger partial charge in [0.05, 0.1) is 5.56 Å². The van der Waals surface area contributed by atoms with Gasteiger partial charge in [0.25, 0.3) is 5.91 Å². The number of hydrogen-bond acceptors (Lipinski definition) is 4. The number of aromatic carboxylic acids is 1.